The van der Waals surface area contributed by atoms with Crippen molar-refractivity contribution in [1.82, 2.24) is 10.2 Å². The van der Waals surface area contributed by atoms with Gasteiger partial charge in [0.1, 0.15) is 0 Å². The number of nitrogens with one attached hydrogen (secondary N) is 1. The van der Waals surface area contributed by atoms with Crippen molar-refractivity contribution in [2.24, 2.45) is 0 Å². The number of aryl methyl sites for hydroxylation is 2. The number of amides is 2. The van der Waals surface area contributed by atoms with Gasteiger partial charge < -0.3 is 10.2 Å². The molecule has 2 aromatic carbocycles. The van der Waals surface area contributed by atoms with Crippen LogP contribution in [0.2, 0.25) is 0 Å². The molecule has 0 atom stereocenters. The first-order valence-electron chi connectivity index (χ1n) is 9.92. The minimum absolute atomic E-state index is 0.116. The molecule has 8 heteroatoms. The minimum atomic E-state index is -3.75. The summed E-state index contributed by atoms with van der Waals surface area (Å²) < 4.78 is 27.2. The van der Waals surface area contributed by atoms with Crippen molar-refractivity contribution in [3.8, 4) is 0 Å². The topological polar surface area (TPSA) is 86.8 Å². The van der Waals surface area contributed by atoms with Gasteiger partial charge in [0.05, 0.1) is 10.6 Å². The molecule has 1 saturated heterocycles. The van der Waals surface area contributed by atoms with E-state index < -0.39 is 10.0 Å². The molecule has 0 spiro atoms. The van der Waals surface area contributed by atoms with E-state index in [1.807, 2.05) is 6.92 Å². The summed E-state index contributed by atoms with van der Waals surface area (Å²) in [4.78, 5) is 26.2. The summed E-state index contributed by atoms with van der Waals surface area (Å²) in [6.07, 6.45) is 1.42. The second-order valence-corrected chi connectivity index (χ2v) is 9.50. The zero-order valence-electron chi connectivity index (χ0n) is 17.5. The highest BCUT2D eigenvalue weighted by atomic mass is 32.2. The van der Waals surface area contributed by atoms with Crippen LogP contribution in [-0.4, -0.2) is 51.8 Å². The van der Waals surface area contributed by atoms with Gasteiger partial charge >= 0.3 is 0 Å². The molecule has 0 unspecified atom stereocenters. The van der Waals surface area contributed by atoms with E-state index in [0.29, 0.717) is 30.8 Å². The van der Waals surface area contributed by atoms with E-state index in [4.69, 9.17) is 0 Å². The van der Waals surface area contributed by atoms with E-state index in [-0.39, 0.29) is 16.7 Å². The van der Waals surface area contributed by atoms with E-state index in [0.717, 1.165) is 24.1 Å². The van der Waals surface area contributed by atoms with Crippen molar-refractivity contribution < 1.29 is 18.0 Å². The van der Waals surface area contributed by atoms with Crippen LogP contribution in [-0.2, 0) is 14.8 Å². The smallest absolute Gasteiger partial charge is 0.264 e. The molecule has 0 aromatic heterocycles. The molecule has 2 amide bonds. The predicted octanol–water partition coefficient (Wildman–Crippen LogP) is 2.48. The highest BCUT2D eigenvalue weighted by Gasteiger charge is 2.24. The van der Waals surface area contributed by atoms with Gasteiger partial charge in [-0.05, 0) is 50.1 Å². The summed E-state index contributed by atoms with van der Waals surface area (Å²) >= 11 is 0. The van der Waals surface area contributed by atoms with Gasteiger partial charge in [0, 0.05) is 38.7 Å². The molecule has 1 heterocycles. The van der Waals surface area contributed by atoms with E-state index in [1.54, 1.807) is 54.3 Å². The fraction of sp³-hybridized carbons (Fsp3) is 0.364. The Morgan fingerprint density at radius 1 is 1.13 bits per heavy atom. The number of anilines is 1. The molecule has 1 N–H and O–H groups in total. The molecule has 1 aliphatic heterocycles. The molecule has 0 radical (unpaired) electrons. The first-order valence-corrected chi connectivity index (χ1v) is 11.4. The number of rotatable bonds is 7. The van der Waals surface area contributed by atoms with E-state index >= 15 is 0 Å². The van der Waals surface area contributed by atoms with Crippen LogP contribution in [0.1, 0.15) is 34.3 Å². The van der Waals surface area contributed by atoms with Crippen molar-refractivity contribution in [1.29, 1.82) is 0 Å². The van der Waals surface area contributed by atoms with Crippen molar-refractivity contribution in [2.45, 2.75) is 31.6 Å². The maximum atomic E-state index is 13.0. The lowest BCUT2D eigenvalue weighted by Crippen LogP contribution is -2.35. The monoisotopic (exact) mass is 429 g/mol. The van der Waals surface area contributed by atoms with Crippen LogP contribution in [0.3, 0.4) is 0 Å². The van der Waals surface area contributed by atoms with Gasteiger partial charge in [-0.15, -0.1) is 0 Å². The Kier molecular flexibility index (Phi) is 6.45. The van der Waals surface area contributed by atoms with Crippen LogP contribution in [0, 0.1) is 13.8 Å². The Hall–Kier alpha value is -2.87. The Morgan fingerprint density at radius 3 is 2.47 bits per heavy atom. The number of benzene rings is 2. The lowest BCUT2D eigenvalue weighted by atomic mass is 10.1. The van der Waals surface area contributed by atoms with Gasteiger partial charge in [-0.2, -0.15) is 0 Å². The van der Waals surface area contributed by atoms with Crippen molar-refractivity contribution in [2.75, 3.05) is 31.0 Å². The van der Waals surface area contributed by atoms with Crippen molar-refractivity contribution >= 4 is 27.5 Å². The number of hydrogen-bond donors (Lipinski definition) is 1. The molecular weight excluding hydrogens is 402 g/mol. The Labute approximate surface area is 177 Å². The summed E-state index contributed by atoms with van der Waals surface area (Å²) in [5.41, 5.74) is 2.53. The quantitative estimate of drug-likeness (QED) is 0.733. The summed E-state index contributed by atoms with van der Waals surface area (Å²) in [5, 5.41) is 2.81. The zero-order valence-corrected chi connectivity index (χ0v) is 18.3. The lowest BCUT2D eigenvalue weighted by molar-refractivity contribution is -0.127. The number of nitrogens with zero attached hydrogens (tertiary/aromatic N) is 2. The second-order valence-electron chi connectivity index (χ2n) is 7.53. The van der Waals surface area contributed by atoms with Crippen molar-refractivity contribution in [3.63, 3.8) is 0 Å². The Balaban J connectivity index is 1.74. The molecule has 2 aromatic rings. The van der Waals surface area contributed by atoms with Gasteiger partial charge in [0.15, 0.2) is 0 Å². The average Bonchev–Trinajstić information content (AvgIpc) is 3.13. The Bertz CT molecular complexity index is 1050. The molecule has 30 heavy (non-hydrogen) atoms. The summed E-state index contributed by atoms with van der Waals surface area (Å²) in [6.45, 7) is 5.25. The van der Waals surface area contributed by atoms with Gasteiger partial charge in [0.2, 0.25) is 5.91 Å². The minimum Gasteiger partial charge on any atom is -0.350 e. The molecule has 3 rings (SSSR count). The molecule has 160 valence electrons. The number of hydrogen-bond acceptors (Lipinski definition) is 4. The van der Waals surface area contributed by atoms with Crippen LogP contribution in [0.4, 0.5) is 5.69 Å². The summed E-state index contributed by atoms with van der Waals surface area (Å²) in [7, 11) is -2.27. The maximum absolute atomic E-state index is 13.0. The van der Waals surface area contributed by atoms with Crippen LogP contribution in [0.25, 0.3) is 0 Å². The molecular formula is C22H27N3O4S. The highest BCUT2D eigenvalue weighted by Crippen LogP contribution is 2.26. The van der Waals surface area contributed by atoms with Crippen LogP contribution in [0.15, 0.2) is 47.4 Å². The standard InChI is InChI=1S/C22H27N3O4S/c1-16-6-10-19(11-7-16)30(28,29)24(3)20-15-18(9-8-17(20)2)22(27)23-12-14-25-13-4-5-21(25)26/h6-11,15H,4-5,12-14H2,1-3H3,(H,23,27). The lowest BCUT2D eigenvalue weighted by Gasteiger charge is -2.22. The van der Waals surface area contributed by atoms with Gasteiger partial charge in [0.25, 0.3) is 15.9 Å². The van der Waals surface area contributed by atoms with Crippen molar-refractivity contribution in [3.05, 3.63) is 59.2 Å². The average molecular weight is 430 g/mol. The SMILES string of the molecule is Cc1ccc(S(=O)(=O)N(C)c2cc(C(=O)NCCN3CCCC3=O)ccc2C)cc1. The van der Waals surface area contributed by atoms with Gasteiger partial charge in [-0.3, -0.25) is 13.9 Å². The van der Waals surface area contributed by atoms with Crippen LogP contribution < -0.4 is 9.62 Å². The zero-order chi connectivity index (χ0) is 21.9. The first-order chi connectivity index (χ1) is 14.2. The van der Waals surface area contributed by atoms with E-state index in [9.17, 15) is 18.0 Å². The van der Waals surface area contributed by atoms with Crippen LogP contribution >= 0.6 is 0 Å². The molecule has 1 aliphatic rings. The van der Waals surface area contributed by atoms with Gasteiger partial charge in [-0.25, -0.2) is 8.42 Å². The number of sulfonamides is 1. The third-order valence-corrected chi connectivity index (χ3v) is 7.11. The third kappa shape index (κ3) is 4.64. The fourth-order valence-electron chi connectivity index (χ4n) is 3.43. The largest absolute Gasteiger partial charge is 0.350 e. The number of carbonyl (C=O) groups is 2. The molecule has 0 saturated carbocycles. The number of likely N-dealkylation sites (tertiary alicyclic amines) is 1. The fourth-order valence-corrected chi connectivity index (χ4v) is 4.69. The highest BCUT2D eigenvalue weighted by molar-refractivity contribution is 7.92. The normalized spacial score (nSPS) is 14.1. The number of carbonyl (C=O) groups excluding carboxylic acids is 2. The van der Waals surface area contributed by atoms with Crippen LogP contribution in [0.5, 0.6) is 0 Å². The third-order valence-electron chi connectivity index (χ3n) is 5.33. The summed E-state index contributed by atoms with van der Waals surface area (Å²) in [5.74, 6) is -0.186. The maximum Gasteiger partial charge on any atom is 0.264 e. The molecule has 1 fully saturated rings. The Morgan fingerprint density at radius 2 is 1.83 bits per heavy atom. The van der Waals surface area contributed by atoms with E-state index in [1.165, 1.54) is 11.4 Å². The van der Waals surface area contributed by atoms with Gasteiger partial charge in [-0.1, -0.05) is 23.8 Å². The predicted molar refractivity (Wildman–Crippen MR) is 116 cm³/mol. The molecule has 0 bridgehead atoms. The summed E-state index contributed by atoms with van der Waals surface area (Å²) in [6, 6.07) is 11.6. The van der Waals surface area contributed by atoms with E-state index in [2.05, 4.69) is 5.32 Å². The molecule has 7 nitrogen and oxygen atoms in total. The first kappa shape index (κ1) is 21.8. The molecule has 0 aliphatic carbocycles. The second kappa shape index (κ2) is 8.87.